The first kappa shape index (κ1) is 17.3. The molecule has 0 fully saturated rings. The Balaban J connectivity index is 2.58. The summed E-state index contributed by atoms with van der Waals surface area (Å²) < 4.78 is 5.27. The largest absolute Gasteiger partial charge is 0.479 e. The normalized spacial score (nSPS) is 12.0. The molecule has 2 amide bonds. The number of ether oxygens (including phenoxy) is 1. The van der Waals surface area contributed by atoms with E-state index in [0.29, 0.717) is 18.7 Å². The minimum atomic E-state index is -1.20. The Morgan fingerprint density at radius 2 is 2.00 bits per heavy atom. The van der Waals surface area contributed by atoms with Gasteiger partial charge in [0.15, 0.2) is 6.04 Å². The number of amides is 2. The molecule has 1 atom stereocenters. The van der Waals surface area contributed by atoms with Crippen LogP contribution in [0, 0.1) is 0 Å². The van der Waals surface area contributed by atoms with Crippen LogP contribution in [-0.2, 0) is 9.53 Å². The Labute approximate surface area is 128 Å². The number of aliphatic carboxylic acids is 1. The molecular formula is C14H19ClN2O4. The van der Waals surface area contributed by atoms with Crippen molar-refractivity contribution in [2.24, 2.45) is 0 Å². The molecule has 116 valence electrons. The van der Waals surface area contributed by atoms with Gasteiger partial charge in [0.25, 0.3) is 0 Å². The van der Waals surface area contributed by atoms with Gasteiger partial charge in [0.05, 0.1) is 12.7 Å². The minimum absolute atomic E-state index is 0.0738. The fourth-order valence-electron chi connectivity index (χ4n) is 1.62. The van der Waals surface area contributed by atoms with Crippen molar-refractivity contribution in [3.63, 3.8) is 0 Å². The molecule has 0 radical (unpaired) electrons. The van der Waals surface area contributed by atoms with Crippen LogP contribution in [0.3, 0.4) is 0 Å². The van der Waals surface area contributed by atoms with Crippen molar-refractivity contribution in [3.05, 3.63) is 34.9 Å². The van der Waals surface area contributed by atoms with E-state index in [0.717, 1.165) is 0 Å². The zero-order valence-corrected chi connectivity index (χ0v) is 12.7. The lowest BCUT2D eigenvalue weighted by Crippen LogP contribution is -2.42. The van der Waals surface area contributed by atoms with E-state index in [1.165, 1.54) is 0 Å². The third-order valence-electron chi connectivity index (χ3n) is 2.58. The maximum atomic E-state index is 11.7. The maximum absolute atomic E-state index is 11.7. The number of nitrogens with one attached hydrogen (secondary N) is 2. The van der Waals surface area contributed by atoms with Gasteiger partial charge >= 0.3 is 12.0 Å². The van der Waals surface area contributed by atoms with Crippen molar-refractivity contribution < 1.29 is 19.4 Å². The molecule has 0 heterocycles. The highest BCUT2D eigenvalue weighted by Crippen LogP contribution is 2.22. The molecule has 7 heteroatoms. The molecule has 0 unspecified atom stereocenters. The number of rotatable bonds is 7. The third-order valence-corrected chi connectivity index (χ3v) is 2.92. The number of benzene rings is 1. The first-order valence-electron chi connectivity index (χ1n) is 6.55. The van der Waals surface area contributed by atoms with E-state index in [1.54, 1.807) is 24.3 Å². The summed E-state index contributed by atoms with van der Waals surface area (Å²) in [7, 11) is 0. The van der Waals surface area contributed by atoms with Crippen LogP contribution in [0.2, 0.25) is 5.02 Å². The Kier molecular flexibility index (Phi) is 6.98. The molecule has 0 aliphatic heterocycles. The quantitative estimate of drug-likeness (QED) is 0.673. The Morgan fingerprint density at radius 1 is 1.33 bits per heavy atom. The summed E-state index contributed by atoms with van der Waals surface area (Å²) in [5.74, 6) is -1.18. The molecule has 0 aliphatic carbocycles. The van der Waals surface area contributed by atoms with Gasteiger partial charge in [-0.25, -0.2) is 9.59 Å². The summed E-state index contributed by atoms with van der Waals surface area (Å²) in [5.41, 5.74) is 0.334. The minimum Gasteiger partial charge on any atom is -0.479 e. The van der Waals surface area contributed by atoms with Crippen LogP contribution < -0.4 is 10.6 Å². The zero-order chi connectivity index (χ0) is 15.8. The molecule has 6 nitrogen and oxygen atoms in total. The number of carbonyl (C=O) groups is 2. The van der Waals surface area contributed by atoms with E-state index in [1.807, 2.05) is 13.8 Å². The summed E-state index contributed by atoms with van der Waals surface area (Å²) in [5, 5.41) is 14.4. The number of halogens is 1. The molecule has 1 aromatic carbocycles. The second-order valence-electron chi connectivity index (χ2n) is 4.61. The van der Waals surface area contributed by atoms with Gasteiger partial charge in [-0.15, -0.1) is 0 Å². The molecule has 0 saturated heterocycles. The van der Waals surface area contributed by atoms with Crippen molar-refractivity contribution in [2.45, 2.75) is 26.0 Å². The van der Waals surface area contributed by atoms with Gasteiger partial charge in [0, 0.05) is 17.1 Å². The molecule has 21 heavy (non-hydrogen) atoms. The van der Waals surface area contributed by atoms with Crippen molar-refractivity contribution >= 4 is 23.6 Å². The van der Waals surface area contributed by atoms with E-state index in [9.17, 15) is 14.7 Å². The number of carboxylic acids is 1. The standard InChI is InChI=1S/C14H19ClN2O4/c1-9(2)21-8-7-16-14(20)17-12(13(18)19)10-5-3-4-6-11(10)15/h3-6,9,12H,7-8H2,1-2H3,(H,18,19)(H2,16,17,20)/t12-/m1/s1. The van der Waals surface area contributed by atoms with E-state index < -0.39 is 18.0 Å². The van der Waals surface area contributed by atoms with E-state index in [2.05, 4.69) is 10.6 Å². The first-order chi connectivity index (χ1) is 9.91. The van der Waals surface area contributed by atoms with Crippen LogP contribution in [-0.4, -0.2) is 36.4 Å². The van der Waals surface area contributed by atoms with Gasteiger partial charge in [-0.1, -0.05) is 29.8 Å². The molecule has 1 rings (SSSR count). The highest BCUT2D eigenvalue weighted by molar-refractivity contribution is 6.31. The summed E-state index contributed by atoms with van der Waals surface area (Å²) in [6.45, 7) is 4.42. The van der Waals surface area contributed by atoms with Crippen LogP contribution >= 0.6 is 11.6 Å². The maximum Gasteiger partial charge on any atom is 0.331 e. The van der Waals surface area contributed by atoms with E-state index in [-0.39, 0.29) is 11.1 Å². The monoisotopic (exact) mass is 314 g/mol. The first-order valence-corrected chi connectivity index (χ1v) is 6.92. The van der Waals surface area contributed by atoms with Gasteiger partial charge in [0.2, 0.25) is 0 Å². The predicted molar refractivity (Wildman–Crippen MR) is 79.5 cm³/mol. The Bertz CT molecular complexity index is 494. The number of hydrogen-bond donors (Lipinski definition) is 3. The molecule has 0 aliphatic rings. The van der Waals surface area contributed by atoms with Crippen LogP contribution in [0.4, 0.5) is 4.79 Å². The summed E-state index contributed by atoms with van der Waals surface area (Å²) in [6, 6.07) is 4.69. The molecule has 0 spiro atoms. The summed E-state index contributed by atoms with van der Waals surface area (Å²) in [4.78, 5) is 23.0. The lowest BCUT2D eigenvalue weighted by atomic mass is 10.1. The van der Waals surface area contributed by atoms with Gasteiger partial charge in [-0.2, -0.15) is 0 Å². The fraction of sp³-hybridized carbons (Fsp3) is 0.429. The molecular weight excluding hydrogens is 296 g/mol. The SMILES string of the molecule is CC(C)OCCNC(=O)N[C@@H](C(=O)O)c1ccccc1Cl. The zero-order valence-electron chi connectivity index (χ0n) is 11.9. The van der Waals surface area contributed by atoms with Crippen LogP contribution in [0.5, 0.6) is 0 Å². The third kappa shape index (κ3) is 6.01. The Hall–Kier alpha value is -1.79. The smallest absolute Gasteiger partial charge is 0.331 e. The van der Waals surface area contributed by atoms with Gasteiger partial charge < -0.3 is 20.5 Å². The molecule has 0 saturated carbocycles. The fourth-order valence-corrected chi connectivity index (χ4v) is 1.87. The van der Waals surface area contributed by atoms with Crippen molar-refractivity contribution in [1.82, 2.24) is 10.6 Å². The van der Waals surface area contributed by atoms with Crippen LogP contribution in [0.1, 0.15) is 25.5 Å². The van der Waals surface area contributed by atoms with E-state index >= 15 is 0 Å². The van der Waals surface area contributed by atoms with Crippen LogP contribution in [0.15, 0.2) is 24.3 Å². The average molecular weight is 315 g/mol. The number of carboxylic acid groups (broad SMARTS) is 1. The summed E-state index contributed by atoms with van der Waals surface area (Å²) in [6.07, 6.45) is 0.0738. The summed E-state index contributed by atoms with van der Waals surface area (Å²) >= 11 is 5.95. The van der Waals surface area contributed by atoms with E-state index in [4.69, 9.17) is 16.3 Å². The van der Waals surface area contributed by atoms with Gasteiger partial charge in [-0.3, -0.25) is 0 Å². The molecule has 0 aromatic heterocycles. The Morgan fingerprint density at radius 3 is 2.57 bits per heavy atom. The lowest BCUT2D eigenvalue weighted by molar-refractivity contribution is -0.139. The van der Waals surface area contributed by atoms with Gasteiger partial charge in [-0.05, 0) is 19.9 Å². The number of urea groups is 1. The predicted octanol–water partition coefficient (Wildman–Crippen LogP) is 2.19. The second-order valence-corrected chi connectivity index (χ2v) is 5.02. The lowest BCUT2D eigenvalue weighted by Gasteiger charge is -2.17. The highest BCUT2D eigenvalue weighted by atomic mass is 35.5. The molecule has 1 aromatic rings. The number of hydrogen-bond acceptors (Lipinski definition) is 3. The molecule has 3 N–H and O–H groups in total. The van der Waals surface area contributed by atoms with Gasteiger partial charge in [0.1, 0.15) is 0 Å². The molecule has 0 bridgehead atoms. The van der Waals surface area contributed by atoms with Crippen molar-refractivity contribution in [1.29, 1.82) is 0 Å². The second kappa shape index (κ2) is 8.49. The topological polar surface area (TPSA) is 87.7 Å². The highest BCUT2D eigenvalue weighted by Gasteiger charge is 2.23. The van der Waals surface area contributed by atoms with Crippen molar-refractivity contribution in [2.75, 3.05) is 13.2 Å². The number of carbonyl (C=O) groups excluding carboxylic acids is 1. The average Bonchev–Trinajstić information content (AvgIpc) is 2.41. The van der Waals surface area contributed by atoms with Crippen molar-refractivity contribution in [3.8, 4) is 0 Å². The van der Waals surface area contributed by atoms with Crippen LogP contribution in [0.25, 0.3) is 0 Å².